The minimum atomic E-state index is -3.50. The van der Waals surface area contributed by atoms with Gasteiger partial charge in [-0.25, -0.2) is 4.79 Å². The molecule has 0 aromatic heterocycles. The second-order valence-corrected chi connectivity index (χ2v) is 5.59. The molecule has 0 saturated carbocycles. The molecule has 2 aromatic carbocycles. The van der Waals surface area contributed by atoms with Crippen molar-refractivity contribution in [3.05, 3.63) is 65.7 Å². The van der Waals surface area contributed by atoms with Gasteiger partial charge in [0, 0.05) is 6.08 Å². The predicted molar refractivity (Wildman–Crippen MR) is 94.5 cm³/mol. The molecule has 0 saturated heterocycles. The average molecular weight is 362 g/mol. The zero-order chi connectivity index (χ0) is 19.0. The van der Waals surface area contributed by atoms with Crippen LogP contribution in [-0.4, -0.2) is 17.7 Å². The second kappa shape index (κ2) is 8.99. The minimum absolute atomic E-state index is 0.0225. The van der Waals surface area contributed by atoms with E-state index in [1.54, 1.807) is 0 Å². The first-order chi connectivity index (χ1) is 12.4. The number of unbranched alkanes of at least 4 members (excludes halogenated alkanes) is 1. The van der Waals surface area contributed by atoms with Gasteiger partial charge in [-0.15, -0.1) is 0 Å². The second-order valence-electron chi connectivity index (χ2n) is 5.59. The third-order valence-electron chi connectivity index (χ3n) is 3.50. The van der Waals surface area contributed by atoms with E-state index in [9.17, 15) is 13.6 Å². The highest BCUT2D eigenvalue weighted by atomic mass is 19.3. The Balaban J connectivity index is 2.02. The Morgan fingerprint density at radius 3 is 2.27 bits per heavy atom. The molecule has 2 rings (SSSR count). The van der Waals surface area contributed by atoms with Crippen molar-refractivity contribution >= 4 is 12.0 Å². The van der Waals surface area contributed by atoms with Crippen molar-refractivity contribution in [1.82, 2.24) is 0 Å². The average Bonchev–Trinajstić information content (AvgIpc) is 2.61. The predicted octanol–water partition coefficient (Wildman–Crippen LogP) is 5.09. The molecule has 0 aliphatic carbocycles. The van der Waals surface area contributed by atoms with Crippen molar-refractivity contribution in [3.63, 3.8) is 0 Å². The number of carbonyl (C=O) groups is 1. The van der Waals surface area contributed by atoms with Crippen LogP contribution in [-0.2, 0) is 10.9 Å². The van der Waals surface area contributed by atoms with Crippen LogP contribution >= 0.6 is 0 Å². The van der Waals surface area contributed by atoms with Crippen LogP contribution in [0.15, 0.2) is 54.6 Å². The summed E-state index contributed by atoms with van der Waals surface area (Å²) < 4.78 is 38.8. The molecule has 26 heavy (non-hydrogen) atoms. The molecule has 2 aromatic rings. The first kappa shape index (κ1) is 19.4. The lowest BCUT2D eigenvalue weighted by molar-refractivity contribution is -0.185. The number of carboxylic acids is 1. The molecule has 0 unspecified atom stereocenters. The van der Waals surface area contributed by atoms with Gasteiger partial charge in [0.15, 0.2) is 0 Å². The largest absolute Gasteiger partial charge is 0.494 e. The molecular formula is C20H20F2O4. The van der Waals surface area contributed by atoms with Crippen molar-refractivity contribution in [2.45, 2.75) is 25.9 Å². The van der Waals surface area contributed by atoms with Gasteiger partial charge in [-0.3, -0.25) is 0 Å². The summed E-state index contributed by atoms with van der Waals surface area (Å²) in [7, 11) is 0. The maximum Gasteiger partial charge on any atom is 0.426 e. The Bertz CT molecular complexity index is 737. The molecule has 0 radical (unpaired) electrons. The molecule has 0 atom stereocenters. The van der Waals surface area contributed by atoms with Crippen LogP contribution in [0.4, 0.5) is 8.78 Å². The Kier molecular flexibility index (Phi) is 6.72. The highest BCUT2D eigenvalue weighted by molar-refractivity contribution is 5.85. The van der Waals surface area contributed by atoms with Crippen LogP contribution < -0.4 is 9.47 Å². The van der Waals surface area contributed by atoms with E-state index in [1.807, 2.05) is 6.92 Å². The van der Waals surface area contributed by atoms with E-state index in [2.05, 4.69) is 0 Å². The number of benzene rings is 2. The molecule has 0 amide bonds. The first-order valence-electron chi connectivity index (χ1n) is 8.22. The van der Waals surface area contributed by atoms with E-state index in [-0.39, 0.29) is 11.3 Å². The highest BCUT2D eigenvalue weighted by Crippen LogP contribution is 2.32. The number of rotatable bonds is 9. The van der Waals surface area contributed by atoms with E-state index < -0.39 is 12.1 Å². The van der Waals surface area contributed by atoms with Crippen molar-refractivity contribution in [3.8, 4) is 11.5 Å². The molecule has 4 nitrogen and oxygen atoms in total. The first-order valence-corrected chi connectivity index (χ1v) is 8.22. The molecule has 1 N–H and O–H groups in total. The molecule has 0 aliphatic heterocycles. The van der Waals surface area contributed by atoms with Gasteiger partial charge in [-0.05, 0) is 54.5 Å². The molecule has 0 spiro atoms. The molecule has 0 aliphatic rings. The fourth-order valence-electron chi connectivity index (χ4n) is 2.10. The summed E-state index contributed by atoms with van der Waals surface area (Å²) in [6.45, 7) is 2.59. The Morgan fingerprint density at radius 1 is 1.08 bits per heavy atom. The van der Waals surface area contributed by atoms with Crippen LogP contribution in [0.25, 0.3) is 6.08 Å². The SMILES string of the molecule is CCCCOc1ccc(C(F)(F)Oc2ccc(/C=C/C(=O)O)cc2)cc1. The monoisotopic (exact) mass is 362 g/mol. The Hall–Kier alpha value is -2.89. The van der Waals surface area contributed by atoms with Crippen molar-refractivity contribution in [2.24, 2.45) is 0 Å². The van der Waals surface area contributed by atoms with E-state index in [1.165, 1.54) is 54.6 Å². The number of halogens is 2. The standard InChI is InChI=1S/C20H20F2O4/c1-2-3-14-25-17-11-7-16(8-12-17)20(21,22)26-18-9-4-15(5-10-18)6-13-19(23)24/h4-13H,2-3,14H2,1H3,(H,23,24)/b13-6+. The summed E-state index contributed by atoms with van der Waals surface area (Å²) in [5.41, 5.74) is 0.284. The van der Waals surface area contributed by atoms with Gasteiger partial charge in [0.05, 0.1) is 12.2 Å². The zero-order valence-electron chi connectivity index (χ0n) is 14.3. The normalized spacial score (nSPS) is 11.5. The number of carboxylic acid groups (broad SMARTS) is 1. The van der Waals surface area contributed by atoms with Crippen molar-refractivity contribution in [2.75, 3.05) is 6.61 Å². The summed E-state index contributed by atoms with van der Waals surface area (Å²) in [5, 5.41) is 8.57. The molecular weight excluding hydrogens is 342 g/mol. The fourth-order valence-corrected chi connectivity index (χ4v) is 2.10. The zero-order valence-corrected chi connectivity index (χ0v) is 14.3. The minimum Gasteiger partial charge on any atom is -0.494 e. The lowest BCUT2D eigenvalue weighted by atomic mass is 10.2. The lowest BCUT2D eigenvalue weighted by Crippen LogP contribution is -2.21. The summed E-state index contributed by atoms with van der Waals surface area (Å²) >= 11 is 0. The Morgan fingerprint density at radius 2 is 1.69 bits per heavy atom. The smallest absolute Gasteiger partial charge is 0.426 e. The quantitative estimate of drug-likeness (QED) is 0.499. The van der Waals surface area contributed by atoms with Crippen LogP contribution in [0, 0.1) is 0 Å². The topological polar surface area (TPSA) is 55.8 Å². The van der Waals surface area contributed by atoms with Crippen LogP contribution in [0.5, 0.6) is 11.5 Å². The number of aliphatic carboxylic acids is 1. The van der Waals surface area contributed by atoms with Gasteiger partial charge in [-0.2, -0.15) is 8.78 Å². The van der Waals surface area contributed by atoms with Crippen molar-refractivity contribution < 1.29 is 28.2 Å². The van der Waals surface area contributed by atoms with Gasteiger partial charge < -0.3 is 14.6 Å². The molecule has 0 heterocycles. The molecule has 6 heteroatoms. The summed E-state index contributed by atoms with van der Waals surface area (Å²) in [6, 6.07) is 11.2. The summed E-state index contributed by atoms with van der Waals surface area (Å²) in [5.74, 6) is -0.572. The number of hydrogen-bond acceptors (Lipinski definition) is 3. The number of alkyl halides is 2. The van der Waals surface area contributed by atoms with E-state index in [0.29, 0.717) is 17.9 Å². The Labute approximate surface area is 150 Å². The third kappa shape index (κ3) is 5.88. The third-order valence-corrected chi connectivity index (χ3v) is 3.50. The number of ether oxygens (including phenoxy) is 2. The summed E-state index contributed by atoms with van der Waals surface area (Å²) in [4.78, 5) is 10.5. The maximum atomic E-state index is 14.3. The highest BCUT2D eigenvalue weighted by Gasteiger charge is 2.34. The molecule has 0 bridgehead atoms. The van der Waals surface area contributed by atoms with Gasteiger partial charge >= 0.3 is 12.1 Å². The van der Waals surface area contributed by atoms with E-state index in [0.717, 1.165) is 18.9 Å². The van der Waals surface area contributed by atoms with Gasteiger partial charge in [0.25, 0.3) is 0 Å². The van der Waals surface area contributed by atoms with Crippen LogP contribution in [0.3, 0.4) is 0 Å². The number of hydrogen-bond donors (Lipinski definition) is 1. The van der Waals surface area contributed by atoms with Crippen LogP contribution in [0.2, 0.25) is 0 Å². The maximum absolute atomic E-state index is 14.3. The molecule has 138 valence electrons. The van der Waals surface area contributed by atoms with Gasteiger partial charge in [-0.1, -0.05) is 25.5 Å². The molecule has 0 fully saturated rings. The summed E-state index contributed by atoms with van der Waals surface area (Å²) in [6.07, 6.45) is 0.726. The van der Waals surface area contributed by atoms with Crippen LogP contribution in [0.1, 0.15) is 30.9 Å². The fraction of sp³-hybridized carbons (Fsp3) is 0.250. The van der Waals surface area contributed by atoms with E-state index >= 15 is 0 Å². The van der Waals surface area contributed by atoms with Crippen molar-refractivity contribution in [1.29, 1.82) is 0 Å². The van der Waals surface area contributed by atoms with E-state index in [4.69, 9.17) is 14.6 Å². The van der Waals surface area contributed by atoms with Gasteiger partial charge in [0.1, 0.15) is 11.5 Å². The lowest BCUT2D eigenvalue weighted by Gasteiger charge is -2.18. The van der Waals surface area contributed by atoms with Gasteiger partial charge in [0.2, 0.25) is 0 Å².